The van der Waals surface area contributed by atoms with Crippen molar-refractivity contribution in [2.75, 3.05) is 19.5 Å². The van der Waals surface area contributed by atoms with Gasteiger partial charge in [-0.05, 0) is 30.0 Å². The number of pyridine rings is 2. The van der Waals surface area contributed by atoms with E-state index in [1.165, 1.54) is 7.11 Å². The Labute approximate surface area is 173 Å². The van der Waals surface area contributed by atoms with Crippen LogP contribution in [0.3, 0.4) is 0 Å². The zero-order chi connectivity index (χ0) is 21.2. The molecule has 156 valence electrons. The normalized spacial score (nSPS) is 21.1. The average Bonchev–Trinajstić information content (AvgIpc) is 2.63. The number of aromatic nitrogens is 2. The first kappa shape index (κ1) is 21.6. The van der Waals surface area contributed by atoms with E-state index in [2.05, 4.69) is 20.0 Å². The summed E-state index contributed by atoms with van der Waals surface area (Å²) < 4.78 is 35.3. The molecule has 0 aromatic carbocycles. The van der Waals surface area contributed by atoms with E-state index in [0.717, 1.165) is 5.39 Å². The van der Waals surface area contributed by atoms with E-state index in [-0.39, 0.29) is 23.7 Å². The summed E-state index contributed by atoms with van der Waals surface area (Å²) in [6.45, 7) is 3.47. The summed E-state index contributed by atoms with van der Waals surface area (Å²) in [6, 6.07) is 3.43. The van der Waals surface area contributed by atoms with E-state index in [1.807, 2.05) is 0 Å². The minimum atomic E-state index is -3.08. The molecule has 3 rings (SSSR count). The van der Waals surface area contributed by atoms with Gasteiger partial charge in [-0.2, -0.15) is 0 Å². The number of rotatable bonds is 8. The van der Waals surface area contributed by atoms with Crippen molar-refractivity contribution in [1.29, 1.82) is 0 Å². The molecule has 2 heterocycles. The second-order valence-electron chi connectivity index (χ2n) is 7.22. The van der Waals surface area contributed by atoms with Crippen molar-refractivity contribution in [3.63, 3.8) is 0 Å². The van der Waals surface area contributed by atoms with Crippen LogP contribution in [0.15, 0.2) is 23.4 Å². The summed E-state index contributed by atoms with van der Waals surface area (Å²) in [7, 11) is -1.58. The van der Waals surface area contributed by atoms with Gasteiger partial charge in [-0.15, -0.1) is 0 Å². The number of ether oxygens (including phenoxy) is 2. The average molecular weight is 440 g/mol. The highest BCUT2D eigenvalue weighted by atomic mass is 35.5. The summed E-state index contributed by atoms with van der Waals surface area (Å²) >= 11 is 6.04. The van der Waals surface area contributed by atoms with E-state index < -0.39 is 15.4 Å². The lowest BCUT2D eigenvalue weighted by atomic mass is 9.95. The van der Waals surface area contributed by atoms with Crippen LogP contribution in [-0.4, -0.2) is 49.2 Å². The van der Waals surface area contributed by atoms with Crippen molar-refractivity contribution in [2.24, 2.45) is 5.11 Å². The number of sulfone groups is 1. The Morgan fingerprint density at radius 1 is 1.41 bits per heavy atom. The molecule has 9 nitrogen and oxygen atoms in total. The molecule has 0 aliphatic heterocycles. The van der Waals surface area contributed by atoms with Gasteiger partial charge in [0.1, 0.15) is 16.8 Å². The molecule has 1 saturated carbocycles. The van der Waals surface area contributed by atoms with Crippen molar-refractivity contribution in [2.45, 2.75) is 43.6 Å². The molecule has 0 radical (unpaired) electrons. The first-order valence-corrected chi connectivity index (χ1v) is 11.2. The topological polar surface area (TPSA) is 127 Å². The van der Waals surface area contributed by atoms with Crippen LogP contribution in [0.25, 0.3) is 21.2 Å². The monoisotopic (exact) mass is 439 g/mol. The third-order valence-electron chi connectivity index (χ3n) is 5.13. The van der Waals surface area contributed by atoms with Crippen LogP contribution in [-0.2, 0) is 20.1 Å². The highest BCUT2D eigenvalue weighted by molar-refractivity contribution is 7.92. The van der Waals surface area contributed by atoms with Gasteiger partial charge in [-0.3, -0.25) is 0 Å². The number of hydrogen-bond acceptors (Lipinski definition) is 7. The number of hydrogen-bond donors (Lipinski definition) is 0. The second-order valence-corrected chi connectivity index (χ2v) is 10.2. The van der Waals surface area contributed by atoms with Crippen molar-refractivity contribution >= 4 is 32.2 Å². The van der Waals surface area contributed by atoms with Gasteiger partial charge in [0.15, 0.2) is 9.84 Å². The maximum atomic E-state index is 12.0. The third kappa shape index (κ3) is 4.40. The first-order valence-electron chi connectivity index (χ1n) is 9.12. The van der Waals surface area contributed by atoms with Crippen molar-refractivity contribution in [1.82, 2.24) is 9.97 Å². The molecule has 1 aliphatic carbocycles. The molecule has 0 bridgehead atoms. The van der Waals surface area contributed by atoms with Crippen LogP contribution in [0.4, 0.5) is 0 Å². The number of fused-ring (bicyclic) bond motifs is 1. The van der Waals surface area contributed by atoms with E-state index in [9.17, 15) is 8.42 Å². The Bertz CT molecular complexity index is 1070. The van der Waals surface area contributed by atoms with E-state index in [4.69, 9.17) is 26.6 Å². The van der Waals surface area contributed by atoms with Crippen LogP contribution in [0.5, 0.6) is 5.88 Å². The van der Waals surface area contributed by atoms with Crippen LogP contribution in [0, 0.1) is 0 Å². The lowest BCUT2D eigenvalue weighted by molar-refractivity contribution is 0.116. The molecule has 0 N–H and O–H groups in total. The lowest BCUT2D eigenvalue weighted by Gasteiger charge is -2.34. The fourth-order valence-corrected chi connectivity index (χ4v) is 4.94. The minimum Gasteiger partial charge on any atom is -0.474 e. The molecule has 1 aliphatic rings. The molecule has 11 heteroatoms. The summed E-state index contributed by atoms with van der Waals surface area (Å²) in [4.78, 5) is 11.6. The van der Waals surface area contributed by atoms with Gasteiger partial charge >= 0.3 is 0 Å². The van der Waals surface area contributed by atoms with Gasteiger partial charge in [-0.1, -0.05) is 23.6 Å². The number of methoxy groups -OCH3 is 1. The Kier molecular flexibility index (Phi) is 6.19. The Balaban J connectivity index is 1.99. The molecule has 2 aromatic heterocycles. The molecule has 1 atom stereocenters. The Morgan fingerprint density at radius 2 is 2.14 bits per heavy atom. The number of nitrogens with zero attached hydrogens (tertiary/aromatic N) is 5. The summed E-state index contributed by atoms with van der Waals surface area (Å²) in [6.07, 6.45) is 2.12. The molecular weight excluding hydrogens is 418 g/mol. The van der Waals surface area contributed by atoms with Crippen molar-refractivity contribution in [3.8, 4) is 5.88 Å². The molecule has 2 aromatic rings. The number of halogens is 1. The van der Waals surface area contributed by atoms with E-state index >= 15 is 0 Å². The Hall–Kier alpha value is -2.13. The maximum absolute atomic E-state index is 12.0. The highest BCUT2D eigenvalue weighted by Gasteiger charge is 2.40. The molecule has 0 amide bonds. The van der Waals surface area contributed by atoms with Gasteiger partial charge in [-0.25, -0.2) is 18.4 Å². The van der Waals surface area contributed by atoms with Gasteiger partial charge < -0.3 is 9.47 Å². The van der Waals surface area contributed by atoms with Crippen molar-refractivity contribution < 1.29 is 17.9 Å². The zero-order valence-electron chi connectivity index (χ0n) is 16.4. The van der Waals surface area contributed by atoms with E-state index in [1.54, 1.807) is 32.2 Å². The zero-order valence-corrected chi connectivity index (χ0v) is 17.9. The summed E-state index contributed by atoms with van der Waals surface area (Å²) in [5.41, 5.74) is 8.39. The van der Waals surface area contributed by atoms with Gasteiger partial charge in [0, 0.05) is 36.8 Å². The van der Waals surface area contributed by atoms with Crippen LogP contribution in [0.1, 0.15) is 32.4 Å². The number of azide groups is 1. The maximum Gasteiger partial charge on any atom is 0.223 e. The molecule has 0 unspecified atom stereocenters. The smallest absolute Gasteiger partial charge is 0.223 e. The predicted octanol–water partition coefficient (Wildman–Crippen LogP) is 3.80. The minimum absolute atomic E-state index is 0.116. The van der Waals surface area contributed by atoms with Gasteiger partial charge in [0.2, 0.25) is 5.88 Å². The molecule has 0 spiro atoms. The summed E-state index contributed by atoms with van der Waals surface area (Å²) in [5, 5.41) is 5.14. The standard InChI is InChI=1S/C18H22ClN5O4S/c1-4-29(25,26)13-7-12(8-13)28-17-14-9-21-16(19)6-11(14)5-15(22-17)18(2,10-27-3)23-24-20/h5-6,9,12-13H,4,7-8,10H2,1-3H3/t12?,13?,18-/m1/s1. The molecule has 29 heavy (non-hydrogen) atoms. The van der Waals surface area contributed by atoms with Crippen LogP contribution >= 0.6 is 11.6 Å². The fourth-order valence-electron chi connectivity index (χ4n) is 3.29. The molecular formula is C18H22ClN5O4S. The van der Waals surface area contributed by atoms with Crippen molar-refractivity contribution in [3.05, 3.63) is 39.6 Å². The largest absolute Gasteiger partial charge is 0.474 e. The lowest BCUT2D eigenvalue weighted by Crippen LogP contribution is -2.43. The van der Waals surface area contributed by atoms with Gasteiger partial charge in [0.25, 0.3) is 0 Å². The second kappa shape index (κ2) is 8.31. The molecule has 1 fully saturated rings. The van der Waals surface area contributed by atoms with Crippen LogP contribution < -0.4 is 4.74 Å². The van der Waals surface area contributed by atoms with E-state index in [0.29, 0.717) is 35.0 Å². The first-order chi connectivity index (χ1) is 13.7. The van der Waals surface area contributed by atoms with Gasteiger partial charge in [0.05, 0.1) is 22.9 Å². The van der Waals surface area contributed by atoms with Crippen LogP contribution in [0.2, 0.25) is 5.15 Å². The third-order valence-corrected chi connectivity index (χ3v) is 7.54. The highest BCUT2D eigenvalue weighted by Crippen LogP contribution is 2.36. The predicted molar refractivity (Wildman–Crippen MR) is 110 cm³/mol. The summed E-state index contributed by atoms with van der Waals surface area (Å²) in [5.74, 6) is 0.417. The Morgan fingerprint density at radius 3 is 2.76 bits per heavy atom. The quantitative estimate of drug-likeness (QED) is 0.266. The fraction of sp³-hybridized carbons (Fsp3) is 0.556. The molecule has 0 saturated heterocycles. The SMILES string of the molecule is CCS(=O)(=O)C1CC(Oc2nc([C@@](C)(COC)N=[N+]=[N-])cc3cc(Cl)ncc23)C1.